The van der Waals surface area contributed by atoms with Crippen LogP contribution in [0.15, 0.2) is 29.4 Å². The lowest BCUT2D eigenvalue weighted by atomic mass is 10.1. The van der Waals surface area contributed by atoms with E-state index in [4.69, 9.17) is 5.53 Å². The van der Waals surface area contributed by atoms with Crippen LogP contribution in [0.1, 0.15) is 23.7 Å². The van der Waals surface area contributed by atoms with E-state index in [2.05, 4.69) is 14.8 Å². The molecule has 1 rings (SSSR count). The van der Waals surface area contributed by atoms with Crippen LogP contribution in [0.25, 0.3) is 10.4 Å². The molecule has 6 nitrogen and oxygen atoms in total. The summed E-state index contributed by atoms with van der Waals surface area (Å²) in [6.07, 6.45) is -0.355. The second-order valence-electron chi connectivity index (χ2n) is 3.11. The molecule has 0 heterocycles. The fourth-order valence-corrected chi connectivity index (χ4v) is 1.28. The first-order valence-corrected chi connectivity index (χ1v) is 5.02. The van der Waals surface area contributed by atoms with E-state index >= 15 is 0 Å². The average molecular weight is 233 g/mol. The van der Waals surface area contributed by atoms with Gasteiger partial charge >= 0.3 is 5.97 Å². The topological polar surface area (TPSA) is 92.1 Å². The zero-order valence-corrected chi connectivity index (χ0v) is 9.29. The number of nitrogens with zero attached hydrogens (tertiary/aromatic N) is 3. The molecule has 0 N–H and O–H groups in total. The van der Waals surface area contributed by atoms with E-state index in [-0.39, 0.29) is 24.3 Å². The van der Waals surface area contributed by atoms with Crippen molar-refractivity contribution < 1.29 is 14.3 Å². The summed E-state index contributed by atoms with van der Waals surface area (Å²) in [5.41, 5.74) is 8.78. The summed E-state index contributed by atoms with van der Waals surface area (Å²) in [6.45, 7) is 1.89. The largest absolute Gasteiger partial charge is 0.466 e. The molecule has 0 amide bonds. The third-order valence-corrected chi connectivity index (χ3v) is 1.97. The molecule has 88 valence electrons. The van der Waals surface area contributed by atoms with Crippen molar-refractivity contribution in [3.8, 4) is 0 Å². The Morgan fingerprint density at radius 1 is 1.41 bits per heavy atom. The van der Waals surface area contributed by atoms with Crippen LogP contribution in [0.3, 0.4) is 0 Å². The number of hydrogen-bond donors (Lipinski definition) is 0. The Labute approximate surface area is 97.8 Å². The number of carbonyl (C=O) groups is 2. The van der Waals surface area contributed by atoms with E-state index in [1.807, 2.05) is 0 Å². The number of hydrogen-bond acceptors (Lipinski definition) is 4. The molecule has 17 heavy (non-hydrogen) atoms. The summed E-state index contributed by atoms with van der Waals surface area (Å²) >= 11 is 0. The molecule has 0 aliphatic carbocycles. The summed E-state index contributed by atoms with van der Waals surface area (Å²) in [5.74, 6) is -1.01. The standard InChI is InChI=1S/C11H11N3O3/c1-2-17-11(16)7-10(15)8-5-3-4-6-9(8)13-14-12/h3-6H,2,7H2,1H3. The molecule has 0 fully saturated rings. The normalized spacial score (nSPS) is 9.24. The summed E-state index contributed by atoms with van der Waals surface area (Å²) in [4.78, 5) is 25.5. The molecule has 0 aromatic heterocycles. The van der Waals surface area contributed by atoms with E-state index < -0.39 is 11.8 Å². The van der Waals surface area contributed by atoms with E-state index in [9.17, 15) is 9.59 Å². The second kappa shape index (κ2) is 6.30. The average Bonchev–Trinajstić information content (AvgIpc) is 2.30. The van der Waals surface area contributed by atoms with Gasteiger partial charge in [0.2, 0.25) is 0 Å². The van der Waals surface area contributed by atoms with Crippen LogP contribution < -0.4 is 0 Å². The van der Waals surface area contributed by atoms with Gasteiger partial charge in [-0.25, -0.2) is 0 Å². The SMILES string of the molecule is CCOC(=O)CC(=O)c1ccccc1N=[N+]=[N-]. The molecule has 0 unspecified atom stereocenters. The van der Waals surface area contributed by atoms with Crippen molar-refractivity contribution in [2.45, 2.75) is 13.3 Å². The maximum Gasteiger partial charge on any atom is 0.313 e. The van der Waals surface area contributed by atoms with Crippen LogP contribution in [0.4, 0.5) is 5.69 Å². The van der Waals surface area contributed by atoms with Crippen LogP contribution in [0.2, 0.25) is 0 Å². The predicted molar refractivity (Wildman–Crippen MR) is 60.8 cm³/mol. The van der Waals surface area contributed by atoms with Crippen molar-refractivity contribution in [3.63, 3.8) is 0 Å². The molecule has 6 heteroatoms. The lowest BCUT2D eigenvalue weighted by Crippen LogP contribution is -2.11. The Balaban J connectivity index is 2.88. The molecule has 0 saturated heterocycles. The predicted octanol–water partition coefficient (Wildman–Crippen LogP) is 2.76. The highest BCUT2D eigenvalue weighted by Gasteiger charge is 2.14. The van der Waals surface area contributed by atoms with E-state index in [0.29, 0.717) is 0 Å². The Morgan fingerprint density at radius 3 is 2.76 bits per heavy atom. The summed E-state index contributed by atoms with van der Waals surface area (Å²) in [5, 5.41) is 3.39. The van der Waals surface area contributed by atoms with Crippen molar-refractivity contribution in [2.24, 2.45) is 5.11 Å². The molecule has 0 aliphatic heterocycles. The van der Waals surface area contributed by atoms with Gasteiger partial charge in [0.15, 0.2) is 5.78 Å². The van der Waals surface area contributed by atoms with E-state index in [0.717, 1.165) is 0 Å². The Hall–Kier alpha value is -2.33. The molecular weight excluding hydrogens is 222 g/mol. The minimum absolute atomic E-state index is 0.212. The highest BCUT2D eigenvalue weighted by Crippen LogP contribution is 2.20. The number of carbonyl (C=O) groups excluding carboxylic acids is 2. The number of azide groups is 1. The van der Waals surface area contributed by atoms with Crippen molar-refractivity contribution >= 4 is 17.4 Å². The Kier molecular flexibility index (Phi) is 4.72. The fraction of sp³-hybridized carbons (Fsp3) is 0.273. The molecule has 0 saturated carbocycles. The third kappa shape index (κ3) is 3.62. The quantitative estimate of drug-likeness (QED) is 0.195. The second-order valence-corrected chi connectivity index (χ2v) is 3.11. The van der Waals surface area contributed by atoms with E-state index in [1.54, 1.807) is 19.1 Å². The first-order chi connectivity index (χ1) is 8.19. The van der Waals surface area contributed by atoms with Gasteiger partial charge in [0.25, 0.3) is 0 Å². The molecule has 0 atom stereocenters. The molecule has 0 aliphatic rings. The summed E-state index contributed by atoms with van der Waals surface area (Å²) in [7, 11) is 0. The van der Waals surface area contributed by atoms with Crippen molar-refractivity contribution in [2.75, 3.05) is 6.61 Å². The van der Waals surface area contributed by atoms with Crippen LogP contribution in [-0.4, -0.2) is 18.4 Å². The maximum absolute atomic E-state index is 11.7. The van der Waals surface area contributed by atoms with Gasteiger partial charge in [0, 0.05) is 16.2 Å². The van der Waals surface area contributed by atoms with Gasteiger partial charge in [-0.05, 0) is 12.5 Å². The molecular formula is C11H11N3O3. The molecule has 1 aromatic rings. The fourth-order valence-electron chi connectivity index (χ4n) is 1.28. The van der Waals surface area contributed by atoms with Crippen LogP contribution >= 0.6 is 0 Å². The molecule has 0 bridgehead atoms. The summed E-state index contributed by atoms with van der Waals surface area (Å²) in [6, 6.07) is 6.30. The van der Waals surface area contributed by atoms with Crippen molar-refractivity contribution in [1.29, 1.82) is 0 Å². The van der Waals surface area contributed by atoms with Crippen LogP contribution in [-0.2, 0) is 9.53 Å². The molecule has 0 spiro atoms. The van der Waals surface area contributed by atoms with Gasteiger partial charge in [0.1, 0.15) is 6.42 Å². The molecule has 0 radical (unpaired) electrons. The smallest absolute Gasteiger partial charge is 0.313 e. The van der Waals surface area contributed by atoms with Crippen LogP contribution in [0, 0.1) is 0 Å². The monoisotopic (exact) mass is 233 g/mol. The zero-order chi connectivity index (χ0) is 12.7. The van der Waals surface area contributed by atoms with Gasteiger partial charge in [-0.15, -0.1) is 0 Å². The number of rotatable bonds is 5. The highest BCUT2D eigenvalue weighted by atomic mass is 16.5. The lowest BCUT2D eigenvalue weighted by Gasteiger charge is -2.03. The zero-order valence-electron chi connectivity index (χ0n) is 9.29. The first kappa shape index (κ1) is 12.7. The van der Waals surface area contributed by atoms with Gasteiger partial charge < -0.3 is 4.74 Å². The van der Waals surface area contributed by atoms with Crippen LogP contribution in [0.5, 0.6) is 0 Å². The number of ether oxygens (including phenoxy) is 1. The number of ketones is 1. The van der Waals surface area contributed by atoms with Gasteiger partial charge in [0.05, 0.1) is 6.61 Å². The van der Waals surface area contributed by atoms with Gasteiger partial charge in [-0.3, -0.25) is 9.59 Å². The first-order valence-electron chi connectivity index (χ1n) is 5.02. The minimum atomic E-state index is -0.590. The Bertz CT molecular complexity index is 479. The van der Waals surface area contributed by atoms with Gasteiger partial charge in [-0.1, -0.05) is 29.4 Å². The maximum atomic E-state index is 11.7. The Morgan fingerprint density at radius 2 is 2.12 bits per heavy atom. The van der Waals surface area contributed by atoms with Gasteiger partial charge in [-0.2, -0.15) is 0 Å². The number of benzene rings is 1. The van der Waals surface area contributed by atoms with E-state index in [1.165, 1.54) is 12.1 Å². The lowest BCUT2D eigenvalue weighted by molar-refractivity contribution is -0.141. The third-order valence-electron chi connectivity index (χ3n) is 1.97. The summed E-state index contributed by atoms with van der Waals surface area (Å²) < 4.78 is 4.67. The molecule has 1 aromatic carbocycles. The number of Topliss-reactive ketones (excluding diaryl/α,β-unsaturated/α-hetero) is 1. The van der Waals surface area contributed by atoms with Crippen molar-refractivity contribution in [1.82, 2.24) is 0 Å². The minimum Gasteiger partial charge on any atom is -0.466 e. The number of esters is 1. The highest BCUT2D eigenvalue weighted by molar-refractivity contribution is 6.08. The van der Waals surface area contributed by atoms with Crippen molar-refractivity contribution in [3.05, 3.63) is 40.3 Å².